The van der Waals surface area contributed by atoms with E-state index in [1.807, 2.05) is 12.1 Å². The minimum atomic E-state index is 0.0447. The molecule has 0 spiro atoms. The molecule has 0 radical (unpaired) electrons. The van der Waals surface area contributed by atoms with Gasteiger partial charge in [-0.05, 0) is 95.8 Å². The molecule has 1 saturated heterocycles. The third-order valence-corrected chi connectivity index (χ3v) is 9.34. The van der Waals surface area contributed by atoms with Crippen molar-refractivity contribution in [1.82, 2.24) is 10.2 Å². The summed E-state index contributed by atoms with van der Waals surface area (Å²) in [5.41, 5.74) is 7.53. The molecule has 0 unspecified atom stereocenters. The first-order valence-corrected chi connectivity index (χ1v) is 13.8. The third-order valence-electron chi connectivity index (χ3n) is 9.34. The van der Waals surface area contributed by atoms with Gasteiger partial charge in [0.1, 0.15) is 0 Å². The number of likely N-dealkylation sites (tertiary alicyclic amines) is 1. The number of nitrogens with one attached hydrogen (secondary N) is 1. The lowest BCUT2D eigenvalue weighted by Crippen LogP contribution is -2.58. The number of carbonyl (C=O) groups is 1. The fourth-order valence-electron chi connectivity index (χ4n) is 6.62. The lowest BCUT2D eigenvalue weighted by atomic mass is 9.59. The van der Waals surface area contributed by atoms with E-state index in [1.165, 1.54) is 60.2 Å². The Bertz CT molecular complexity index is 1230. The Morgan fingerprint density at radius 1 is 1.00 bits per heavy atom. The van der Waals surface area contributed by atoms with E-state index in [1.54, 1.807) is 0 Å². The molecule has 3 atom stereocenters. The highest BCUT2D eigenvalue weighted by atomic mass is 16.1. The second kappa shape index (κ2) is 9.52. The molecule has 0 aromatic heterocycles. The fraction of sp³-hybridized carbons (Fsp3) is 0.424. The van der Waals surface area contributed by atoms with E-state index in [2.05, 4.69) is 84.7 Å². The van der Waals surface area contributed by atoms with E-state index in [9.17, 15) is 4.79 Å². The molecule has 1 heterocycles. The highest BCUT2D eigenvalue weighted by Crippen LogP contribution is 2.49. The predicted molar refractivity (Wildman–Crippen MR) is 147 cm³/mol. The van der Waals surface area contributed by atoms with Gasteiger partial charge in [-0.15, -0.1) is 0 Å². The van der Waals surface area contributed by atoms with Crippen LogP contribution >= 0.6 is 0 Å². The van der Waals surface area contributed by atoms with Crippen molar-refractivity contribution in [2.45, 2.75) is 57.4 Å². The van der Waals surface area contributed by atoms with Gasteiger partial charge in [0.05, 0.1) is 0 Å². The van der Waals surface area contributed by atoms with Gasteiger partial charge in [-0.25, -0.2) is 0 Å². The molecule has 3 aromatic rings. The van der Waals surface area contributed by atoms with Gasteiger partial charge in [0.2, 0.25) is 0 Å². The lowest BCUT2D eigenvalue weighted by Gasteiger charge is -2.55. The summed E-state index contributed by atoms with van der Waals surface area (Å²) in [6, 6.07) is 26.2. The van der Waals surface area contributed by atoms with Crippen LogP contribution in [0.2, 0.25) is 0 Å². The molecule has 36 heavy (non-hydrogen) atoms. The highest BCUT2D eigenvalue weighted by molar-refractivity contribution is 5.94. The Hall–Kier alpha value is -2.91. The number of hydrogen-bond acceptors (Lipinski definition) is 2. The van der Waals surface area contributed by atoms with Crippen molar-refractivity contribution in [3.05, 3.63) is 95.1 Å². The summed E-state index contributed by atoms with van der Waals surface area (Å²) < 4.78 is 0. The Morgan fingerprint density at radius 2 is 1.75 bits per heavy atom. The molecule has 6 rings (SSSR count). The van der Waals surface area contributed by atoms with Crippen molar-refractivity contribution >= 4 is 5.91 Å². The zero-order chi connectivity index (χ0) is 24.7. The SMILES string of the molecule is C[C@@H]1[C@@H]2Cc3ccc(C(=O)NCCc4ccc(-c5ccccc5)cc4)cc3[C@@]1(C)CCN2CC1CC1. The van der Waals surface area contributed by atoms with Crippen molar-refractivity contribution in [2.24, 2.45) is 11.8 Å². The maximum absolute atomic E-state index is 13.1. The molecule has 3 nitrogen and oxygen atoms in total. The van der Waals surface area contributed by atoms with Crippen molar-refractivity contribution < 1.29 is 4.79 Å². The average Bonchev–Trinajstić information content (AvgIpc) is 3.73. The Morgan fingerprint density at radius 3 is 2.50 bits per heavy atom. The first-order valence-electron chi connectivity index (χ1n) is 13.8. The monoisotopic (exact) mass is 478 g/mol. The highest BCUT2D eigenvalue weighted by Gasteiger charge is 2.49. The van der Waals surface area contributed by atoms with E-state index in [0.29, 0.717) is 18.5 Å². The summed E-state index contributed by atoms with van der Waals surface area (Å²) in [6.07, 6.45) is 5.99. The number of nitrogens with zero attached hydrogens (tertiary/aromatic N) is 1. The van der Waals surface area contributed by atoms with Gasteiger partial charge in [0.15, 0.2) is 0 Å². The number of piperidine rings is 1. The molecule has 2 fully saturated rings. The van der Waals surface area contributed by atoms with Gasteiger partial charge in [-0.1, -0.05) is 74.5 Å². The standard InChI is InChI=1S/C33H38N2O/c1-23-31-21-28-14-15-29(20-30(28)33(23,2)17-19-35(31)22-25-8-9-25)32(36)34-18-16-24-10-12-27(13-11-24)26-6-4-3-5-7-26/h3-7,10-15,20,23,25,31H,8-9,16-19,21-22H2,1-2H3,(H,34,36)/t23-,31+,33+/m1/s1. The Balaban J connectivity index is 1.10. The number of amides is 1. The summed E-state index contributed by atoms with van der Waals surface area (Å²) in [7, 11) is 0. The topological polar surface area (TPSA) is 32.3 Å². The molecular formula is C33H38N2O. The molecule has 1 aliphatic heterocycles. The summed E-state index contributed by atoms with van der Waals surface area (Å²) >= 11 is 0. The smallest absolute Gasteiger partial charge is 0.251 e. The van der Waals surface area contributed by atoms with E-state index >= 15 is 0 Å². The normalized spacial score (nSPS) is 25.3. The van der Waals surface area contributed by atoms with Crippen LogP contribution in [-0.2, 0) is 18.3 Å². The Labute approximate surface area is 215 Å². The zero-order valence-corrected chi connectivity index (χ0v) is 21.7. The molecule has 3 aliphatic rings. The molecule has 186 valence electrons. The lowest BCUT2D eigenvalue weighted by molar-refractivity contribution is 0.0284. The molecule has 1 N–H and O–H groups in total. The maximum atomic E-state index is 13.1. The largest absolute Gasteiger partial charge is 0.352 e. The van der Waals surface area contributed by atoms with Crippen LogP contribution in [0.5, 0.6) is 0 Å². The predicted octanol–water partition coefficient (Wildman–Crippen LogP) is 6.26. The number of carbonyl (C=O) groups excluding carboxylic acids is 1. The molecule has 2 bridgehead atoms. The van der Waals surface area contributed by atoms with Crippen LogP contribution in [0.15, 0.2) is 72.8 Å². The molecule has 1 amide bonds. The van der Waals surface area contributed by atoms with E-state index in [-0.39, 0.29) is 11.3 Å². The molecule has 3 heteroatoms. The van der Waals surface area contributed by atoms with Gasteiger partial charge < -0.3 is 5.32 Å². The second-order valence-electron chi connectivity index (χ2n) is 11.6. The molecule has 1 saturated carbocycles. The van der Waals surface area contributed by atoms with E-state index < -0.39 is 0 Å². The first kappa shape index (κ1) is 23.5. The van der Waals surface area contributed by atoms with Crippen molar-refractivity contribution in [1.29, 1.82) is 0 Å². The van der Waals surface area contributed by atoms with Gasteiger partial charge >= 0.3 is 0 Å². The van der Waals surface area contributed by atoms with Gasteiger partial charge in [0, 0.05) is 24.7 Å². The first-order chi connectivity index (χ1) is 17.5. The van der Waals surface area contributed by atoms with Gasteiger partial charge in [0.25, 0.3) is 5.91 Å². The number of fused-ring (bicyclic) bond motifs is 4. The molecule has 2 aliphatic carbocycles. The average molecular weight is 479 g/mol. The quantitative estimate of drug-likeness (QED) is 0.435. The van der Waals surface area contributed by atoms with E-state index in [0.717, 1.165) is 24.3 Å². The van der Waals surface area contributed by atoms with E-state index in [4.69, 9.17) is 0 Å². The van der Waals surface area contributed by atoms with Crippen molar-refractivity contribution in [3.63, 3.8) is 0 Å². The van der Waals surface area contributed by atoms with Gasteiger partial charge in [-0.2, -0.15) is 0 Å². The van der Waals surface area contributed by atoms with Crippen molar-refractivity contribution in [3.8, 4) is 11.1 Å². The van der Waals surface area contributed by atoms with Crippen LogP contribution in [0.3, 0.4) is 0 Å². The fourth-order valence-corrected chi connectivity index (χ4v) is 6.62. The van der Waals surface area contributed by atoms with Crippen LogP contribution in [0.1, 0.15) is 60.2 Å². The van der Waals surface area contributed by atoms with Crippen LogP contribution in [0, 0.1) is 11.8 Å². The van der Waals surface area contributed by atoms with Crippen LogP contribution < -0.4 is 5.32 Å². The number of hydrogen-bond donors (Lipinski definition) is 1. The van der Waals surface area contributed by atoms with Crippen LogP contribution in [-0.4, -0.2) is 36.5 Å². The van der Waals surface area contributed by atoms with Crippen LogP contribution in [0.4, 0.5) is 0 Å². The second-order valence-corrected chi connectivity index (χ2v) is 11.6. The number of rotatable bonds is 7. The summed E-state index contributed by atoms with van der Waals surface area (Å²) in [4.78, 5) is 15.9. The number of benzene rings is 3. The van der Waals surface area contributed by atoms with Crippen molar-refractivity contribution in [2.75, 3.05) is 19.6 Å². The van der Waals surface area contributed by atoms with Gasteiger partial charge in [-0.3, -0.25) is 9.69 Å². The minimum absolute atomic E-state index is 0.0447. The maximum Gasteiger partial charge on any atom is 0.251 e. The third kappa shape index (κ3) is 4.50. The molecule has 3 aromatic carbocycles. The Kier molecular flexibility index (Phi) is 6.21. The zero-order valence-electron chi connectivity index (χ0n) is 21.7. The summed E-state index contributed by atoms with van der Waals surface area (Å²) in [6.45, 7) is 8.02. The van der Waals surface area contributed by atoms with Crippen LogP contribution in [0.25, 0.3) is 11.1 Å². The summed E-state index contributed by atoms with van der Waals surface area (Å²) in [5.74, 6) is 1.61. The molecular weight excluding hydrogens is 440 g/mol. The minimum Gasteiger partial charge on any atom is -0.352 e. The summed E-state index contributed by atoms with van der Waals surface area (Å²) in [5, 5.41) is 3.17.